The molecular weight excluding hydrogens is 264 g/mol. The first-order valence-corrected chi connectivity index (χ1v) is 7.61. The summed E-state index contributed by atoms with van der Waals surface area (Å²) >= 11 is 0. The van der Waals surface area contributed by atoms with Crippen molar-refractivity contribution in [2.24, 2.45) is 0 Å². The Morgan fingerprint density at radius 2 is 2.00 bits per heavy atom. The highest BCUT2D eigenvalue weighted by atomic mass is 32.2. The minimum absolute atomic E-state index is 0.136. The van der Waals surface area contributed by atoms with E-state index in [1.165, 1.54) is 10.4 Å². The van der Waals surface area contributed by atoms with Gasteiger partial charge in [-0.3, -0.25) is 0 Å². The lowest BCUT2D eigenvalue weighted by Gasteiger charge is -2.25. The number of sulfonamides is 1. The van der Waals surface area contributed by atoms with E-state index in [1.807, 2.05) is 20.8 Å². The summed E-state index contributed by atoms with van der Waals surface area (Å²) in [6, 6.07) is 4.68. The molecule has 0 amide bonds. The summed E-state index contributed by atoms with van der Waals surface area (Å²) in [5, 5.41) is 0. The number of nitrogens with zero attached hydrogens (tertiary/aromatic N) is 1. The zero-order valence-electron chi connectivity index (χ0n) is 11.9. The third-order valence-corrected chi connectivity index (χ3v) is 5.02. The Kier molecular flexibility index (Phi) is 5.34. The number of ether oxygens (including phenoxy) is 1. The van der Waals surface area contributed by atoms with Crippen LogP contribution in [0.4, 0.5) is 5.69 Å². The Labute approximate surface area is 115 Å². The SMILES string of the molecule is COCCN(C(C)C)S(=O)(=O)c1ccc(C)c(N)c1. The third kappa shape index (κ3) is 3.68. The van der Waals surface area contributed by atoms with Crippen molar-refractivity contribution in [2.75, 3.05) is 26.0 Å². The second-order valence-electron chi connectivity index (χ2n) is 4.72. The summed E-state index contributed by atoms with van der Waals surface area (Å²) < 4.78 is 31.5. The molecule has 0 radical (unpaired) electrons. The predicted octanol–water partition coefficient (Wildman–Crippen LogP) is 1.62. The average molecular weight is 286 g/mol. The molecule has 5 nitrogen and oxygen atoms in total. The van der Waals surface area contributed by atoms with Gasteiger partial charge in [0.2, 0.25) is 10.0 Å². The smallest absolute Gasteiger partial charge is 0.243 e. The number of hydrogen-bond donors (Lipinski definition) is 1. The summed E-state index contributed by atoms with van der Waals surface area (Å²) in [4.78, 5) is 0.223. The minimum atomic E-state index is -3.54. The van der Waals surface area contributed by atoms with Gasteiger partial charge < -0.3 is 10.5 Å². The maximum Gasteiger partial charge on any atom is 0.243 e. The van der Waals surface area contributed by atoms with Crippen LogP contribution in [0, 0.1) is 6.92 Å². The van der Waals surface area contributed by atoms with Gasteiger partial charge in [0.1, 0.15) is 0 Å². The van der Waals surface area contributed by atoms with Crippen LogP contribution < -0.4 is 5.73 Å². The van der Waals surface area contributed by atoms with Gasteiger partial charge >= 0.3 is 0 Å². The molecule has 6 heteroatoms. The van der Waals surface area contributed by atoms with E-state index in [1.54, 1.807) is 19.2 Å². The first-order valence-electron chi connectivity index (χ1n) is 6.17. The van der Waals surface area contributed by atoms with Gasteiger partial charge in [-0.2, -0.15) is 4.31 Å². The standard InChI is InChI=1S/C13H22N2O3S/c1-10(2)15(7-8-18-4)19(16,17)12-6-5-11(3)13(14)9-12/h5-6,9-10H,7-8,14H2,1-4H3. The van der Waals surface area contributed by atoms with Gasteiger partial charge in [0.25, 0.3) is 0 Å². The fourth-order valence-electron chi connectivity index (χ4n) is 1.75. The number of benzene rings is 1. The van der Waals surface area contributed by atoms with E-state index in [9.17, 15) is 8.42 Å². The maximum absolute atomic E-state index is 12.6. The fourth-order valence-corrected chi connectivity index (χ4v) is 3.41. The Morgan fingerprint density at radius 3 is 2.47 bits per heavy atom. The van der Waals surface area contributed by atoms with Gasteiger partial charge in [0, 0.05) is 25.4 Å². The molecule has 0 bridgehead atoms. The molecule has 0 atom stereocenters. The molecule has 19 heavy (non-hydrogen) atoms. The van der Waals surface area contributed by atoms with E-state index >= 15 is 0 Å². The van der Waals surface area contributed by atoms with Crippen molar-refractivity contribution < 1.29 is 13.2 Å². The van der Waals surface area contributed by atoms with Crippen molar-refractivity contribution in [3.63, 3.8) is 0 Å². The van der Waals surface area contributed by atoms with Crippen LogP contribution in [0.25, 0.3) is 0 Å². The van der Waals surface area contributed by atoms with E-state index in [0.29, 0.717) is 18.8 Å². The summed E-state index contributed by atoms with van der Waals surface area (Å²) in [7, 11) is -1.99. The predicted molar refractivity (Wildman–Crippen MR) is 76.5 cm³/mol. The molecule has 0 aliphatic carbocycles. The minimum Gasteiger partial charge on any atom is -0.398 e. The summed E-state index contributed by atoms with van der Waals surface area (Å²) in [5.41, 5.74) is 7.14. The second-order valence-corrected chi connectivity index (χ2v) is 6.61. The fraction of sp³-hybridized carbons (Fsp3) is 0.538. The largest absolute Gasteiger partial charge is 0.398 e. The van der Waals surface area contributed by atoms with E-state index in [2.05, 4.69) is 0 Å². The van der Waals surface area contributed by atoms with Crippen LogP contribution in [0.3, 0.4) is 0 Å². The van der Waals surface area contributed by atoms with Crippen LogP contribution in [0.1, 0.15) is 19.4 Å². The molecule has 108 valence electrons. The van der Waals surface area contributed by atoms with Gasteiger partial charge in [0.05, 0.1) is 11.5 Å². The summed E-state index contributed by atoms with van der Waals surface area (Å²) in [5.74, 6) is 0. The summed E-state index contributed by atoms with van der Waals surface area (Å²) in [6.45, 7) is 6.20. The Hall–Kier alpha value is -1.11. The lowest BCUT2D eigenvalue weighted by molar-refractivity contribution is 0.171. The molecule has 1 aromatic rings. The van der Waals surface area contributed by atoms with Crippen molar-refractivity contribution in [1.29, 1.82) is 0 Å². The van der Waals surface area contributed by atoms with Crippen molar-refractivity contribution in [3.8, 4) is 0 Å². The van der Waals surface area contributed by atoms with E-state index in [4.69, 9.17) is 10.5 Å². The zero-order chi connectivity index (χ0) is 14.6. The monoisotopic (exact) mass is 286 g/mol. The van der Waals surface area contributed by atoms with Crippen LogP contribution in [0.2, 0.25) is 0 Å². The molecule has 0 saturated heterocycles. The van der Waals surface area contributed by atoms with Crippen molar-refractivity contribution in [1.82, 2.24) is 4.31 Å². The molecule has 0 unspecified atom stereocenters. The van der Waals surface area contributed by atoms with Gasteiger partial charge in [-0.05, 0) is 38.5 Å². The average Bonchev–Trinajstić information content (AvgIpc) is 2.32. The van der Waals surface area contributed by atoms with Crippen LogP contribution in [0.5, 0.6) is 0 Å². The van der Waals surface area contributed by atoms with Crippen molar-refractivity contribution in [2.45, 2.75) is 31.7 Å². The Balaban J connectivity index is 3.15. The molecule has 0 fully saturated rings. The lowest BCUT2D eigenvalue weighted by atomic mass is 10.2. The highest BCUT2D eigenvalue weighted by molar-refractivity contribution is 7.89. The molecule has 0 aliphatic rings. The number of nitrogen functional groups attached to an aromatic ring is 1. The van der Waals surface area contributed by atoms with Crippen molar-refractivity contribution in [3.05, 3.63) is 23.8 Å². The van der Waals surface area contributed by atoms with E-state index in [0.717, 1.165) is 5.56 Å². The third-order valence-electron chi connectivity index (χ3n) is 2.95. The number of rotatable bonds is 6. The summed E-state index contributed by atoms with van der Waals surface area (Å²) in [6.07, 6.45) is 0. The highest BCUT2D eigenvalue weighted by Gasteiger charge is 2.26. The van der Waals surface area contributed by atoms with E-state index in [-0.39, 0.29) is 10.9 Å². The topological polar surface area (TPSA) is 72.6 Å². The number of hydrogen-bond acceptors (Lipinski definition) is 4. The first-order chi connectivity index (χ1) is 8.80. The highest BCUT2D eigenvalue weighted by Crippen LogP contribution is 2.22. The normalized spacial score (nSPS) is 12.3. The molecular formula is C13H22N2O3S. The molecule has 0 saturated carbocycles. The lowest BCUT2D eigenvalue weighted by Crippen LogP contribution is -2.39. The van der Waals surface area contributed by atoms with Gasteiger partial charge in [-0.1, -0.05) is 6.07 Å². The number of methoxy groups -OCH3 is 1. The van der Waals surface area contributed by atoms with Crippen LogP contribution in [-0.4, -0.2) is 39.0 Å². The molecule has 0 aliphatic heterocycles. The van der Waals surface area contributed by atoms with Gasteiger partial charge in [-0.15, -0.1) is 0 Å². The van der Waals surface area contributed by atoms with Gasteiger partial charge in [-0.25, -0.2) is 8.42 Å². The maximum atomic E-state index is 12.6. The Morgan fingerprint density at radius 1 is 1.37 bits per heavy atom. The first kappa shape index (κ1) is 15.9. The van der Waals surface area contributed by atoms with Crippen LogP contribution in [0.15, 0.2) is 23.1 Å². The van der Waals surface area contributed by atoms with E-state index < -0.39 is 10.0 Å². The number of aryl methyl sites for hydroxylation is 1. The second kappa shape index (κ2) is 6.36. The molecule has 2 N–H and O–H groups in total. The van der Waals surface area contributed by atoms with Gasteiger partial charge in [0.15, 0.2) is 0 Å². The Bertz CT molecular complexity index is 527. The van der Waals surface area contributed by atoms with Crippen LogP contribution in [-0.2, 0) is 14.8 Å². The molecule has 0 aromatic heterocycles. The zero-order valence-corrected chi connectivity index (χ0v) is 12.7. The number of nitrogens with two attached hydrogens (primary N) is 1. The van der Waals surface area contributed by atoms with Crippen molar-refractivity contribution >= 4 is 15.7 Å². The molecule has 0 heterocycles. The molecule has 0 spiro atoms. The quantitative estimate of drug-likeness (QED) is 0.807. The molecule has 1 aromatic carbocycles. The number of anilines is 1. The molecule has 1 rings (SSSR count). The van der Waals surface area contributed by atoms with Crippen LogP contribution >= 0.6 is 0 Å².